The molecule has 0 radical (unpaired) electrons. The van der Waals surface area contributed by atoms with Crippen molar-refractivity contribution in [2.75, 3.05) is 33.2 Å². The quantitative estimate of drug-likeness (QED) is 0.822. The Hall–Kier alpha value is -0.610. The van der Waals surface area contributed by atoms with E-state index in [-0.39, 0.29) is 17.4 Å². The number of aliphatic hydroxyl groups excluding tert-OH is 1. The average Bonchev–Trinajstić information content (AvgIpc) is 2.35. The van der Waals surface area contributed by atoms with Crippen molar-refractivity contribution in [3.63, 3.8) is 0 Å². The first-order valence-electron chi connectivity index (χ1n) is 7.53. The lowest BCUT2D eigenvalue weighted by Crippen LogP contribution is -2.50. The van der Waals surface area contributed by atoms with E-state index in [1.807, 2.05) is 4.90 Å². The highest BCUT2D eigenvalue weighted by Crippen LogP contribution is 2.31. The lowest BCUT2D eigenvalue weighted by molar-refractivity contribution is -0.139. The highest BCUT2D eigenvalue weighted by molar-refractivity contribution is 5.76. The van der Waals surface area contributed by atoms with Gasteiger partial charge in [0.25, 0.3) is 0 Å². The Morgan fingerprint density at radius 3 is 2.47 bits per heavy atom. The molecule has 2 aliphatic rings. The molecule has 1 unspecified atom stereocenters. The summed E-state index contributed by atoms with van der Waals surface area (Å²) < 4.78 is 0. The molecular weight excluding hydrogens is 240 g/mol. The largest absolute Gasteiger partial charge is 0.391 e. The Morgan fingerprint density at radius 1 is 1.26 bits per heavy atom. The van der Waals surface area contributed by atoms with E-state index in [9.17, 15) is 9.90 Å². The third-order valence-electron chi connectivity index (χ3n) is 4.98. The first-order valence-corrected chi connectivity index (χ1v) is 7.53. The first kappa shape index (κ1) is 14.8. The van der Waals surface area contributed by atoms with Crippen molar-refractivity contribution in [1.82, 2.24) is 9.80 Å². The maximum absolute atomic E-state index is 12.3. The maximum atomic E-state index is 12.3. The van der Waals surface area contributed by atoms with Gasteiger partial charge in [-0.15, -0.1) is 0 Å². The van der Waals surface area contributed by atoms with Gasteiger partial charge in [-0.2, -0.15) is 0 Å². The predicted octanol–water partition coefficient (Wildman–Crippen LogP) is 1.34. The van der Waals surface area contributed by atoms with E-state index < -0.39 is 0 Å². The summed E-state index contributed by atoms with van der Waals surface area (Å²) in [4.78, 5) is 16.5. The van der Waals surface area contributed by atoms with Crippen LogP contribution in [0, 0.1) is 11.3 Å². The van der Waals surface area contributed by atoms with Gasteiger partial charge in [0.1, 0.15) is 0 Å². The third kappa shape index (κ3) is 3.69. The Balaban J connectivity index is 1.81. The molecule has 0 aromatic heterocycles. The molecule has 1 atom stereocenters. The number of piperidine rings is 2. The smallest absolute Gasteiger partial charge is 0.222 e. The maximum Gasteiger partial charge on any atom is 0.222 e. The zero-order valence-corrected chi connectivity index (χ0v) is 12.6. The molecule has 2 saturated heterocycles. The molecule has 2 fully saturated rings. The van der Waals surface area contributed by atoms with Crippen LogP contribution < -0.4 is 0 Å². The molecule has 0 bridgehead atoms. The van der Waals surface area contributed by atoms with Gasteiger partial charge in [-0.05, 0) is 50.7 Å². The van der Waals surface area contributed by atoms with Crippen LogP contribution in [0.2, 0.25) is 0 Å². The Morgan fingerprint density at radius 2 is 1.89 bits per heavy atom. The number of amides is 1. The van der Waals surface area contributed by atoms with Crippen LogP contribution in [0.5, 0.6) is 0 Å². The summed E-state index contributed by atoms with van der Waals surface area (Å²) in [5.74, 6) is 0.778. The van der Waals surface area contributed by atoms with Gasteiger partial charge in [0.05, 0.1) is 6.10 Å². The summed E-state index contributed by atoms with van der Waals surface area (Å²) in [6.45, 7) is 7.68. The van der Waals surface area contributed by atoms with Crippen LogP contribution in [-0.2, 0) is 4.79 Å². The van der Waals surface area contributed by atoms with E-state index in [1.54, 1.807) is 0 Å². The first-order chi connectivity index (χ1) is 8.88. The van der Waals surface area contributed by atoms with Crippen molar-refractivity contribution in [2.45, 2.75) is 45.6 Å². The third-order valence-corrected chi connectivity index (χ3v) is 4.98. The number of rotatable bonds is 2. The van der Waals surface area contributed by atoms with Gasteiger partial charge in [0.2, 0.25) is 5.91 Å². The van der Waals surface area contributed by atoms with Gasteiger partial charge >= 0.3 is 0 Å². The Labute approximate surface area is 116 Å². The minimum absolute atomic E-state index is 0.0513. The van der Waals surface area contributed by atoms with Crippen molar-refractivity contribution < 1.29 is 9.90 Å². The fourth-order valence-electron chi connectivity index (χ4n) is 3.01. The van der Waals surface area contributed by atoms with Gasteiger partial charge in [-0.3, -0.25) is 4.79 Å². The molecular formula is C15H28N2O2. The van der Waals surface area contributed by atoms with E-state index in [2.05, 4.69) is 25.8 Å². The van der Waals surface area contributed by atoms with Crippen molar-refractivity contribution in [1.29, 1.82) is 0 Å². The van der Waals surface area contributed by atoms with Gasteiger partial charge < -0.3 is 14.9 Å². The van der Waals surface area contributed by atoms with Crippen molar-refractivity contribution in [3.8, 4) is 0 Å². The number of hydrogen-bond acceptors (Lipinski definition) is 3. The standard InChI is InChI=1S/C15H28N2O2/c1-15(2)6-9-17(11-13(15)18)14(19)10-12-4-7-16(3)8-5-12/h12-13,18H,4-11H2,1-3H3. The minimum atomic E-state index is -0.386. The van der Waals surface area contributed by atoms with Crippen molar-refractivity contribution >= 4 is 5.91 Å². The number of likely N-dealkylation sites (tertiary alicyclic amines) is 2. The van der Waals surface area contributed by atoms with E-state index in [0.717, 1.165) is 38.9 Å². The number of aliphatic hydroxyl groups is 1. The Bertz CT molecular complexity index is 322. The monoisotopic (exact) mass is 268 g/mol. The highest BCUT2D eigenvalue weighted by atomic mass is 16.3. The zero-order valence-electron chi connectivity index (χ0n) is 12.6. The molecule has 110 valence electrons. The van der Waals surface area contributed by atoms with E-state index in [4.69, 9.17) is 0 Å². The normalized spacial score (nSPS) is 29.5. The van der Waals surface area contributed by atoms with Gasteiger partial charge in [0.15, 0.2) is 0 Å². The summed E-state index contributed by atoms with van der Waals surface area (Å²) >= 11 is 0. The molecule has 0 aromatic carbocycles. The summed E-state index contributed by atoms with van der Waals surface area (Å²) in [5.41, 5.74) is -0.0513. The lowest BCUT2D eigenvalue weighted by Gasteiger charge is -2.41. The molecule has 1 amide bonds. The fourth-order valence-corrected chi connectivity index (χ4v) is 3.01. The lowest BCUT2D eigenvalue weighted by atomic mass is 9.80. The fraction of sp³-hybridized carbons (Fsp3) is 0.933. The molecule has 2 heterocycles. The second kappa shape index (κ2) is 5.80. The van der Waals surface area contributed by atoms with E-state index in [0.29, 0.717) is 18.9 Å². The Kier molecular flexibility index (Phi) is 4.51. The second-order valence-electron chi connectivity index (χ2n) is 7.04. The van der Waals surface area contributed by atoms with Crippen LogP contribution in [0.15, 0.2) is 0 Å². The average molecular weight is 268 g/mol. The molecule has 2 aliphatic heterocycles. The van der Waals surface area contributed by atoms with Crippen LogP contribution >= 0.6 is 0 Å². The molecule has 1 N–H and O–H groups in total. The second-order valence-corrected chi connectivity index (χ2v) is 7.04. The summed E-state index contributed by atoms with van der Waals surface area (Å²) in [6.07, 6.45) is 3.44. The van der Waals surface area contributed by atoms with Crippen LogP contribution in [0.25, 0.3) is 0 Å². The topological polar surface area (TPSA) is 43.8 Å². The molecule has 0 spiro atoms. The molecule has 4 heteroatoms. The molecule has 0 aromatic rings. The SMILES string of the molecule is CN1CCC(CC(=O)N2CCC(C)(C)C(O)C2)CC1. The number of nitrogens with zero attached hydrogens (tertiary/aromatic N) is 2. The number of carbonyl (C=O) groups excluding carboxylic acids is 1. The summed E-state index contributed by atoms with van der Waals surface area (Å²) in [5, 5.41) is 10.1. The number of β-amino-alcohol motifs (C(OH)–C–C–N with tert-alkyl or cyclic N) is 1. The van der Waals surface area contributed by atoms with Crippen LogP contribution in [-0.4, -0.2) is 60.1 Å². The molecule has 2 rings (SSSR count). The predicted molar refractivity (Wildman–Crippen MR) is 75.8 cm³/mol. The van der Waals surface area contributed by atoms with Crippen LogP contribution in [0.4, 0.5) is 0 Å². The van der Waals surface area contributed by atoms with Crippen molar-refractivity contribution in [2.24, 2.45) is 11.3 Å². The van der Waals surface area contributed by atoms with Crippen LogP contribution in [0.3, 0.4) is 0 Å². The van der Waals surface area contributed by atoms with Gasteiger partial charge in [0, 0.05) is 19.5 Å². The van der Waals surface area contributed by atoms with Crippen molar-refractivity contribution in [3.05, 3.63) is 0 Å². The highest BCUT2D eigenvalue weighted by Gasteiger charge is 2.36. The molecule has 4 nitrogen and oxygen atoms in total. The number of carbonyl (C=O) groups is 1. The van der Waals surface area contributed by atoms with E-state index in [1.165, 1.54) is 0 Å². The summed E-state index contributed by atoms with van der Waals surface area (Å²) in [7, 11) is 2.14. The molecule has 0 aliphatic carbocycles. The summed E-state index contributed by atoms with van der Waals surface area (Å²) in [6, 6.07) is 0. The van der Waals surface area contributed by atoms with Gasteiger partial charge in [-0.25, -0.2) is 0 Å². The zero-order chi connectivity index (χ0) is 14.0. The minimum Gasteiger partial charge on any atom is -0.391 e. The van der Waals surface area contributed by atoms with Gasteiger partial charge in [-0.1, -0.05) is 13.8 Å². The van der Waals surface area contributed by atoms with Crippen LogP contribution in [0.1, 0.15) is 39.5 Å². The molecule has 19 heavy (non-hydrogen) atoms. The van der Waals surface area contributed by atoms with E-state index >= 15 is 0 Å². The number of hydrogen-bond donors (Lipinski definition) is 1. The molecule has 0 saturated carbocycles.